The van der Waals surface area contributed by atoms with E-state index in [4.69, 9.17) is 15.9 Å². The van der Waals surface area contributed by atoms with E-state index in [2.05, 4.69) is 10.1 Å². The highest BCUT2D eigenvalue weighted by atomic mass is 16.5. The minimum atomic E-state index is -0.812. The number of nitrogens with two attached hydrogens (primary N) is 1. The SMILES string of the molecule is CCOc1cccc(C(NC(=N)N)C(=O)OC)c1. The fourth-order valence-corrected chi connectivity index (χ4v) is 1.50. The second-order valence-corrected chi connectivity index (χ2v) is 3.52. The van der Waals surface area contributed by atoms with Gasteiger partial charge in [-0.05, 0) is 24.6 Å². The summed E-state index contributed by atoms with van der Waals surface area (Å²) in [6, 6.07) is 6.18. The van der Waals surface area contributed by atoms with Crippen LogP contribution in [0.15, 0.2) is 24.3 Å². The molecule has 0 saturated carbocycles. The van der Waals surface area contributed by atoms with Gasteiger partial charge in [-0.3, -0.25) is 5.41 Å². The van der Waals surface area contributed by atoms with Gasteiger partial charge in [-0.1, -0.05) is 12.1 Å². The highest BCUT2D eigenvalue weighted by molar-refractivity contribution is 5.84. The molecule has 0 saturated heterocycles. The monoisotopic (exact) mass is 251 g/mol. The molecule has 0 heterocycles. The first-order chi connectivity index (χ1) is 8.58. The zero-order chi connectivity index (χ0) is 13.5. The number of methoxy groups -OCH3 is 1. The highest BCUT2D eigenvalue weighted by Gasteiger charge is 2.22. The number of hydrogen-bond donors (Lipinski definition) is 3. The Morgan fingerprint density at radius 3 is 2.83 bits per heavy atom. The van der Waals surface area contributed by atoms with E-state index in [0.29, 0.717) is 17.9 Å². The van der Waals surface area contributed by atoms with Gasteiger partial charge in [-0.2, -0.15) is 0 Å². The Hall–Kier alpha value is -2.24. The molecule has 0 aliphatic heterocycles. The summed E-state index contributed by atoms with van der Waals surface area (Å²) in [5.74, 6) is -0.166. The van der Waals surface area contributed by atoms with Crippen molar-refractivity contribution < 1.29 is 14.3 Å². The van der Waals surface area contributed by atoms with Gasteiger partial charge in [0, 0.05) is 0 Å². The lowest BCUT2D eigenvalue weighted by Crippen LogP contribution is -2.38. The molecule has 1 aromatic carbocycles. The molecule has 98 valence electrons. The summed E-state index contributed by atoms with van der Waals surface area (Å²) < 4.78 is 10.0. The Balaban J connectivity index is 3.00. The first kappa shape index (κ1) is 13.8. The van der Waals surface area contributed by atoms with Gasteiger partial charge in [0.2, 0.25) is 0 Å². The molecule has 1 rings (SSSR count). The largest absolute Gasteiger partial charge is 0.494 e. The fourth-order valence-electron chi connectivity index (χ4n) is 1.50. The number of ether oxygens (including phenoxy) is 2. The molecule has 0 aliphatic rings. The van der Waals surface area contributed by atoms with Crippen molar-refractivity contribution in [2.24, 2.45) is 5.73 Å². The van der Waals surface area contributed by atoms with Crippen LogP contribution in [0, 0.1) is 5.41 Å². The molecule has 0 spiro atoms. The van der Waals surface area contributed by atoms with Crippen molar-refractivity contribution in [1.82, 2.24) is 5.32 Å². The average Bonchev–Trinajstić information content (AvgIpc) is 2.35. The summed E-state index contributed by atoms with van der Waals surface area (Å²) in [5.41, 5.74) is 5.88. The molecule has 0 aromatic heterocycles. The van der Waals surface area contributed by atoms with Crippen LogP contribution in [0.25, 0.3) is 0 Å². The van der Waals surface area contributed by atoms with Gasteiger partial charge in [-0.15, -0.1) is 0 Å². The van der Waals surface area contributed by atoms with E-state index in [0.717, 1.165) is 0 Å². The normalized spacial score (nSPS) is 11.4. The van der Waals surface area contributed by atoms with Crippen LogP contribution in [-0.4, -0.2) is 25.6 Å². The third-order valence-electron chi connectivity index (χ3n) is 2.24. The topological polar surface area (TPSA) is 97.4 Å². The minimum Gasteiger partial charge on any atom is -0.494 e. The lowest BCUT2D eigenvalue weighted by atomic mass is 10.1. The van der Waals surface area contributed by atoms with Crippen molar-refractivity contribution in [3.05, 3.63) is 29.8 Å². The maximum absolute atomic E-state index is 11.6. The van der Waals surface area contributed by atoms with Crippen molar-refractivity contribution in [2.75, 3.05) is 13.7 Å². The maximum Gasteiger partial charge on any atom is 0.333 e. The molecule has 6 nitrogen and oxygen atoms in total. The fraction of sp³-hybridized carbons (Fsp3) is 0.333. The smallest absolute Gasteiger partial charge is 0.333 e. The lowest BCUT2D eigenvalue weighted by molar-refractivity contribution is -0.142. The summed E-state index contributed by atoms with van der Waals surface area (Å²) in [7, 11) is 1.28. The maximum atomic E-state index is 11.6. The van der Waals surface area contributed by atoms with Gasteiger partial charge in [0.25, 0.3) is 0 Å². The van der Waals surface area contributed by atoms with E-state index in [1.54, 1.807) is 24.3 Å². The van der Waals surface area contributed by atoms with Crippen molar-refractivity contribution >= 4 is 11.9 Å². The van der Waals surface area contributed by atoms with Crippen molar-refractivity contribution in [2.45, 2.75) is 13.0 Å². The number of carbonyl (C=O) groups is 1. The Kier molecular flexibility index (Phi) is 4.98. The van der Waals surface area contributed by atoms with Gasteiger partial charge >= 0.3 is 5.97 Å². The lowest BCUT2D eigenvalue weighted by Gasteiger charge is -2.17. The van der Waals surface area contributed by atoms with Crippen LogP contribution >= 0.6 is 0 Å². The zero-order valence-electron chi connectivity index (χ0n) is 10.4. The van der Waals surface area contributed by atoms with Gasteiger partial charge in [0.1, 0.15) is 5.75 Å². The molecule has 18 heavy (non-hydrogen) atoms. The number of hydrogen-bond acceptors (Lipinski definition) is 4. The molecule has 1 atom stereocenters. The molecule has 0 radical (unpaired) electrons. The number of nitrogens with one attached hydrogen (secondary N) is 2. The molecule has 0 amide bonds. The molecule has 6 heteroatoms. The van der Waals surface area contributed by atoms with E-state index in [-0.39, 0.29) is 5.96 Å². The molecule has 4 N–H and O–H groups in total. The Morgan fingerprint density at radius 1 is 1.56 bits per heavy atom. The molecular weight excluding hydrogens is 234 g/mol. The Labute approximate surface area is 106 Å². The van der Waals surface area contributed by atoms with Crippen LogP contribution in [0.2, 0.25) is 0 Å². The van der Waals surface area contributed by atoms with E-state index >= 15 is 0 Å². The van der Waals surface area contributed by atoms with Crippen LogP contribution in [0.3, 0.4) is 0 Å². The number of carbonyl (C=O) groups excluding carboxylic acids is 1. The van der Waals surface area contributed by atoms with Crippen molar-refractivity contribution in [3.8, 4) is 5.75 Å². The van der Waals surface area contributed by atoms with Crippen LogP contribution < -0.4 is 15.8 Å². The third-order valence-corrected chi connectivity index (χ3v) is 2.24. The third kappa shape index (κ3) is 3.65. The molecular formula is C12H17N3O3. The summed E-state index contributed by atoms with van der Waals surface area (Å²) in [4.78, 5) is 11.6. The van der Waals surface area contributed by atoms with E-state index in [1.165, 1.54) is 7.11 Å². The van der Waals surface area contributed by atoms with Crippen molar-refractivity contribution in [3.63, 3.8) is 0 Å². The van der Waals surface area contributed by atoms with Crippen molar-refractivity contribution in [1.29, 1.82) is 5.41 Å². The van der Waals surface area contributed by atoms with Gasteiger partial charge in [0.15, 0.2) is 12.0 Å². The van der Waals surface area contributed by atoms with Crippen LogP contribution in [0.1, 0.15) is 18.5 Å². The van der Waals surface area contributed by atoms with E-state index in [9.17, 15) is 4.79 Å². The van der Waals surface area contributed by atoms with Crippen LogP contribution in [-0.2, 0) is 9.53 Å². The predicted octanol–water partition coefficient (Wildman–Crippen LogP) is 0.782. The second-order valence-electron chi connectivity index (χ2n) is 3.52. The Morgan fingerprint density at radius 2 is 2.28 bits per heavy atom. The van der Waals surface area contributed by atoms with Crippen LogP contribution in [0.4, 0.5) is 0 Å². The minimum absolute atomic E-state index is 0.299. The van der Waals surface area contributed by atoms with E-state index < -0.39 is 12.0 Å². The first-order valence-electron chi connectivity index (χ1n) is 5.49. The molecule has 1 aromatic rings. The van der Waals surface area contributed by atoms with Crippen LogP contribution in [0.5, 0.6) is 5.75 Å². The van der Waals surface area contributed by atoms with Gasteiger partial charge < -0.3 is 20.5 Å². The molecule has 0 aliphatic carbocycles. The average molecular weight is 251 g/mol. The molecule has 0 bridgehead atoms. The number of esters is 1. The predicted molar refractivity (Wildman–Crippen MR) is 67.4 cm³/mol. The summed E-state index contributed by atoms with van der Waals surface area (Å²) >= 11 is 0. The summed E-state index contributed by atoms with van der Waals surface area (Å²) in [6.07, 6.45) is 0. The summed E-state index contributed by atoms with van der Waals surface area (Å²) in [5, 5.41) is 9.75. The number of rotatable bonds is 5. The van der Waals surface area contributed by atoms with E-state index in [1.807, 2.05) is 6.92 Å². The summed E-state index contributed by atoms with van der Waals surface area (Å²) in [6.45, 7) is 2.41. The molecule has 0 fully saturated rings. The van der Waals surface area contributed by atoms with Gasteiger partial charge in [-0.25, -0.2) is 4.79 Å². The Bertz CT molecular complexity index is 434. The zero-order valence-corrected chi connectivity index (χ0v) is 10.4. The second kappa shape index (κ2) is 6.48. The highest BCUT2D eigenvalue weighted by Crippen LogP contribution is 2.20. The number of benzene rings is 1. The standard InChI is InChI=1S/C12H17N3O3/c1-3-18-9-6-4-5-8(7-9)10(11(16)17-2)15-12(13)14/h4-7,10H,3H2,1-2H3,(H4,13,14,15). The van der Waals surface area contributed by atoms with Gasteiger partial charge in [0.05, 0.1) is 13.7 Å². The quantitative estimate of drug-likeness (QED) is 0.408. The first-order valence-corrected chi connectivity index (χ1v) is 5.49. The number of guanidine groups is 1. The molecule has 1 unspecified atom stereocenters.